The first kappa shape index (κ1) is 15.3. The molecule has 112 valence electrons. The van der Waals surface area contributed by atoms with Crippen molar-refractivity contribution in [3.8, 4) is 0 Å². The van der Waals surface area contributed by atoms with Crippen molar-refractivity contribution in [2.45, 2.75) is 57.6 Å². The van der Waals surface area contributed by atoms with Crippen molar-refractivity contribution in [1.82, 2.24) is 10.6 Å². The van der Waals surface area contributed by atoms with Gasteiger partial charge in [-0.15, -0.1) is 11.3 Å². The Morgan fingerprint density at radius 1 is 1.25 bits per heavy atom. The lowest BCUT2D eigenvalue weighted by molar-refractivity contribution is 0.00719. The molecule has 1 saturated carbocycles. The number of carbonyl (C=O) groups excluding carboxylic acids is 1. The number of nitrogens with one attached hydrogen (secondary N) is 2. The van der Waals surface area contributed by atoms with E-state index in [-0.39, 0.29) is 6.03 Å². The number of carbonyl (C=O) groups is 1. The number of thiophene rings is 1. The molecule has 1 aromatic rings. The maximum absolute atomic E-state index is 11.7. The highest BCUT2D eigenvalue weighted by atomic mass is 32.1. The lowest BCUT2D eigenvalue weighted by Crippen LogP contribution is -2.47. The van der Waals surface area contributed by atoms with E-state index in [1.54, 1.807) is 11.3 Å². The second-order valence-electron chi connectivity index (χ2n) is 5.54. The molecule has 2 rings (SSSR count). The molecule has 0 spiro atoms. The largest absolute Gasteiger partial charge is 0.388 e. The summed E-state index contributed by atoms with van der Waals surface area (Å²) in [5, 5.41) is 15.9. The number of urea groups is 1. The highest BCUT2D eigenvalue weighted by Gasteiger charge is 2.29. The van der Waals surface area contributed by atoms with Crippen molar-refractivity contribution in [3.63, 3.8) is 0 Å². The molecule has 1 aliphatic rings. The van der Waals surface area contributed by atoms with E-state index in [1.807, 2.05) is 0 Å². The normalized spacial score (nSPS) is 17.7. The van der Waals surface area contributed by atoms with Crippen molar-refractivity contribution in [2.24, 2.45) is 0 Å². The second-order valence-corrected chi connectivity index (χ2v) is 6.80. The van der Waals surface area contributed by atoms with Crippen molar-refractivity contribution < 1.29 is 9.90 Å². The fourth-order valence-electron chi connectivity index (χ4n) is 2.57. The van der Waals surface area contributed by atoms with E-state index in [0.29, 0.717) is 13.1 Å². The van der Waals surface area contributed by atoms with Gasteiger partial charge in [0.15, 0.2) is 0 Å². The Morgan fingerprint density at radius 2 is 1.95 bits per heavy atom. The zero-order valence-corrected chi connectivity index (χ0v) is 12.9. The van der Waals surface area contributed by atoms with Crippen LogP contribution in [0.15, 0.2) is 12.1 Å². The molecule has 20 heavy (non-hydrogen) atoms. The zero-order valence-electron chi connectivity index (χ0n) is 12.1. The topological polar surface area (TPSA) is 61.4 Å². The fourth-order valence-corrected chi connectivity index (χ4v) is 3.47. The maximum Gasteiger partial charge on any atom is 0.315 e. The summed E-state index contributed by atoms with van der Waals surface area (Å²) in [6, 6.07) is 3.96. The van der Waals surface area contributed by atoms with E-state index >= 15 is 0 Å². The van der Waals surface area contributed by atoms with Crippen LogP contribution in [0, 0.1) is 0 Å². The Morgan fingerprint density at radius 3 is 2.60 bits per heavy atom. The quantitative estimate of drug-likeness (QED) is 0.782. The van der Waals surface area contributed by atoms with Gasteiger partial charge in [0.05, 0.1) is 12.1 Å². The number of hydrogen-bond acceptors (Lipinski definition) is 3. The maximum atomic E-state index is 11.7. The first-order chi connectivity index (χ1) is 9.61. The molecule has 2 amide bonds. The van der Waals surface area contributed by atoms with E-state index < -0.39 is 5.60 Å². The number of amides is 2. The molecule has 1 aliphatic carbocycles. The van der Waals surface area contributed by atoms with Gasteiger partial charge in [-0.2, -0.15) is 0 Å². The summed E-state index contributed by atoms with van der Waals surface area (Å²) in [5.74, 6) is 0. The van der Waals surface area contributed by atoms with Crippen LogP contribution in [0.2, 0.25) is 0 Å². The predicted octanol–water partition coefficient (Wildman–Crippen LogP) is 2.80. The van der Waals surface area contributed by atoms with E-state index in [0.717, 1.165) is 37.0 Å². The summed E-state index contributed by atoms with van der Waals surface area (Å²) >= 11 is 1.73. The van der Waals surface area contributed by atoms with Crippen molar-refractivity contribution in [1.29, 1.82) is 0 Å². The molecule has 4 nitrogen and oxygen atoms in total. The number of rotatable bonds is 5. The number of aryl methyl sites for hydroxylation is 1. The monoisotopic (exact) mass is 296 g/mol. The lowest BCUT2D eigenvalue weighted by Gasteiger charge is -2.32. The van der Waals surface area contributed by atoms with Crippen LogP contribution in [0.4, 0.5) is 4.79 Å². The number of hydrogen-bond donors (Lipinski definition) is 3. The van der Waals surface area contributed by atoms with Gasteiger partial charge in [-0.3, -0.25) is 0 Å². The first-order valence-corrected chi connectivity index (χ1v) is 8.25. The minimum Gasteiger partial charge on any atom is -0.388 e. The van der Waals surface area contributed by atoms with Crippen LogP contribution in [-0.4, -0.2) is 23.3 Å². The third-order valence-corrected chi connectivity index (χ3v) is 5.08. The molecule has 0 aliphatic heterocycles. The van der Waals surface area contributed by atoms with Gasteiger partial charge in [0, 0.05) is 16.3 Å². The van der Waals surface area contributed by atoms with Crippen LogP contribution in [-0.2, 0) is 13.0 Å². The molecule has 0 atom stereocenters. The second kappa shape index (κ2) is 7.09. The first-order valence-electron chi connectivity index (χ1n) is 7.43. The molecule has 1 aromatic heterocycles. The molecular weight excluding hydrogens is 272 g/mol. The third kappa shape index (κ3) is 4.49. The van der Waals surface area contributed by atoms with E-state index in [4.69, 9.17) is 0 Å². The highest BCUT2D eigenvalue weighted by molar-refractivity contribution is 7.11. The van der Waals surface area contributed by atoms with Crippen LogP contribution in [0.5, 0.6) is 0 Å². The van der Waals surface area contributed by atoms with Gasteiger partial charge < -0.3 is 15.7 Å². The molecule has 1 fully saturated rings. The summed E-state index contributed by atoms with van der Waals surface area (Å²) in [6.45, 7) is 3.03. The summed E-state index contributed by atoms with van der Waals surface area (Å²) in [7, 11) is 0. The molecule has 0 unspecified atom stereocenters. The van der Waals surface area contributed by atoms with Crippen LogP contribution in [0.1, 0.15) is 48.8 Å². The lowest BCUT2D eigenvalue weighted by atomic mass is 9.85. The van der Waals surface area contributed by atoms with Crippen LogP contribution >= 0.6 is 11.3 Å². The molecule has 5 heteroatoms. The summed E-state index contributed by atoms with van der Waals surface area (Å²) in [4.78, 5) is 14.2. The van der Waals surface area contributed by atoms with Crippen LogP contribution < -0.4 is 10.6 Å². The Kier molecular flexibility index (Phi) is 5.43. The van der Waals surface area contributed by atoms with E-state index in [1.165, 1.54) is 11.3 Å². The van der Waals surface area contributed by atoms with Crippen molar-refractivity contribution in [2.75, 3.05) is 6.54 Å². The van der Waals surface area contributed by atoms with Gasteiger partial charge in [-0.1, -0.05) is 26.2 Å². The Balaban J connectivity index is 1.69. The standard InChI is InChI=1S/C15H24N2O2S/c1-2-12-6-7-13(20-12)10-16-14(18)17-11-15(19)8-4-3-5-9-15/h6-7,19H,2-5,8-11H2,1H3,(H2,16,17,18). The zero-order chi connectivity index (χ0) is 14.4. The molecule has 3 N–H and O–H groups in total. The van der Waals surface area contributed by atoms with Crippen LogP contribution in [0.3, 0.4) is 0 Å². The average Bonchev–Trinajstić information content (AvgIpc) is 2.92. The smallest absolute Gasteiger partial charge is 0.315 e. The minimum absolute atomic E-state index is 0.199. The molecule has 0 aromatic carbocycles. The molecular formula is C15H24N2O2S. The van der Waals surface area contributed by atoms with Gasteiger partial charge >= 0.3 is 6.03 Å². The SMILES string of the molecule is CCc1ccc(CNC(=O)NCC2(O)CCCCC2)s1. The fraction of sp³-hybridized carbons (Fsp3) is 0.667. The molecule has 0 bridgehead atoms. The van der Waals surface area contributed by atoms with Gasteiger partial charge in [0.1, 0.15) is 0 Å². The van der Waals surface area contributed by atoms with Crippen molar-refractivity contribution >= 4 is 17.4 Å². The summed E-state index contributed by atoms with van der Waals surface area (Å²) in [5.41, 5.74) is -0.700. The van der Waals surface area contributed by atoms with Gasteiger partial charge in [0.25, 0.3) is 0 Å². The third-order valence-electron chi connectivity index (χ3n) is 3.85. The number of aliphatic hydroxyl groups is 1. The minimum atomic E-state index is -0.700. The Hall–Kier alpha value is -1.07. The summed E-state index contributed by atoms with van der Waals surface area (Å²) < 4.78 is 0. The van der Waals surface area contributed by atoms with Gasteiger partial charge in [-0.05, 0) is 31.4 Å². The molecule has 0 radical (unpaired) electrons. The van der Waals surface area contributed by atoms with Gasteiger partial charge in [-0.25, -0.2) is 4.79 Å². The predicted molar refractivity (Wildman–Crippen MR) is 82.0 cm³/mol. The average molecular weight is 296 g/mol. The van der Waals surface area contributed by atoms with Crippen LogP contribution in [0.25, 0.3) is 0 Å². The van der Waals surface area contributed by atoms with Crippen molar-refractivity contribution in [3.05, 3.63) is 21.9 Å². The Labute approximate surface area is 124 Å². The van der Waals surface area contributed by atoms with Gasteiger partial charge in [0.2, 0.25) is 0 Å². The molecule has 0 saturated heterocycles. The van der Waals surface area contributed by atoms with E-state index in [9.17, 15) is 9.90 Å². The Bertz CT molecular complexity index is 439. The van der Waals surface area contributed by atoms with E-state index in [2.05, 4.69) is 29.7 Å². The molecule has 1 heterocycles. The summed E-state index contributed by atoms with van der Waals surface area (Å²) in [6.07, 6.45) is 5.90. The highest BCUT2D eigenvalue weighted by Crippen LogP contribution is 2.27.